The van der Waals surface area contributed by atoms with E-state index in [2.05, 4.69) is 32.3 Å². The van der Waals surface area contributed by atoms with E-state index >= 15 is 0 Å². The minimum atomic E-state index is 0.746. The molecule has 0 aromatic rings. The summed E-state index contributed by atoms with van der Waals surface area (Å²) >= 11 is 1.94. The quantitative estimate of drug-likeness (QED) is 0.649. The van der Waals surface area contributed by atoms with Crippen LogP contribution in [0.4, 0.5) is 0 Å². The van der Waals surface area contributed by atoms with Crippen molar-refractivity contribution in [3.05, 3.63) is 0 Å². The molecule has 0 aromatic heterocycles. The molecule has 0 aliphatic carbocycles. The summed E-state index contributed by atoms with van der Waals surface area (Å²) in [5.41, 5.74) is 0. The van der Waals surface area contributed by atoms with Gasteiger partial charge in [-0.25, -0.2) is 0 Å². The molecule has 0 fully saturated rings. The third-order valence-electron chi connectivity index (χ3n) is 2.37. The molecule has 80 valence electrons. The summed E-state index contributed by atoms with van der Waals surface area (Å²) < 4.78 is 0. The smallest absolute Gasteiger partial charge is 0.0141 e. The van der Waals surface area contributed by atoms with Gasteiger partial charge >= 0.3 is 0 Å². The normalized spacial score (nSPS) is 13.6. The molecule has 0 aliphatic heterocycles. The monoisotopic (exact) mass is 203 g/mol. The molecule has 0 amide bonds. The lowest BCUT2D eigenvalue weighted by Gasteiger charge is -2.19. The van der Waals surface area contributed by atoms with Crippen molar-refractivity contribution in [2.45, 2.75) is 57.7 Å². The van der Waals surface area contributed by atoms with Crippen LogP contribution in [0, 0.1) is 0 Å². The average Bonchev–Trinajstić information content (AvgIpc) is 2.14. The van der Waals surface area contributed by atoms with Crippen molar-refractivity contribution in [2.75, 3.05) is 12.8 Å². The maximum atomic E-state index is 3.65. The molecule has 1 unspecified atom stereocenters. The van der Waals surface area contributed by atoms with Crippen LogP contribution in [0.15, 0.2) is 0 Å². The zero-order valence-electron chi connectivity index (χ0n) is 9.60. The lowest BCUT2D eigenvalue weighted by atomic mass is 10.1. The SMILES string of the molecule is CCCC(CCC)NCC(C)SC. The zero-order chi connectivity index (χ0) is 10.1. The summed E-state index contributed by atoms with van der Waals surface area (Å²) in [6.45, 7) is 7.98. The average molecular weight is 203 g/mol. The number of hydrogen-bond acceptors (Lipinski definition) is 2. The highest BCUT2D eigenvalue weighted by atomic mass is 32.2. The predicted molar refractivity (Wildman–Crippen MR) is 64.6 cm³/mol. The Labute approximate surface area is 88.1 Å². The van der Waals surface area contributed by atoms with Crippen LogP contribution >= 0.6 is 11.8 Å². The molecule has 0 rings (SSSR count). The van der Waals surface area contributed by atoms with E-state index in [1.807, 2.05) is 11.8 Å². The first kappa shape index (κ1) is 13.3. The van der Waals surface area contributed by atoms with E-state index in [-0.39, 0.29) is 0 Å². The van der Waals surface area contributed by atoms with Crippen LogP contribution in [-0.2, 0) is 0 Å². The topological polar surface area (TPSA) is 12.0 Å². The first-order chi connectivity index (χ1) is 6.24. The minimum Gasteiger partial charge on any atom is -0.313 e. The fourth-order valence-corrected chi connectivity index (χ4v) is 1.72. The highest BCUT2D eigenvalue weighted by Crippen LogP contribution is 2.07. The number of rotatable bonds is 8. The van der Waals surface area contributed by atoms with Gasteiger partial charge in [-0.1, -0.05) is 33.6 Å². The molecular formula is C11H25NS. The summed E-state index contributed by atoms with van der Waals surface area (Å²) in [7, 11) is 0. The van der Waals surface area contributed by atoms with Gasteiger partial charge in [-0.2, -0.15) is 11.8 Å². The largest absolute Gasteiger partial charge is 0.313 e. The van der Waals surface area contributed by atoms with Crippen molar-refractivity contribution in [1.29, 1.82) is 0 Å². The van der Waals surface area contributed by atoms with Crippen LogP contribution in [0.1, 0.15) is 46.5 Å². The van der Waals surface area contributed by atoms with E-state index in [0.29, 0.717) is 0 Å². The molecule has 1 N–H and O–H groups in total. The summed E-state index contributed by atoms with van der Waals surface area (Å²) in [6, 6.07) is 0.754. The number of hydrogen-bond donors (Lipinski definition) is 1. The molecule has 0 bridgehead atoms. The van der Waals surface area contributed by atoms with Gasteiger partial charge in [0.25, 0.3) is 0 Å². The van der Waals surface area contributed by atoms with Gasteiger partial charge in [0.05, 0.1) is 0 Å². The molecule has 0 spiro atoms. The Balaban J connectivity index is 3.55. The molecule has 13 heavy (non-hydrogen) atoms. The Morgan fingerprint density at radius 1 is 1.15 bits per heavy atom. The minimum absolute atomic E-state index is 0.746. The Morgan fingerprint density at radius 2 is 1.69 bits per heavy atom. The van der Waals surface area contributed by atoms with E-state index in [0.717, 1.165) is 17.8 Å². The molecule has 0 aliphatic rings. The lowest BCUT2D eigenvalue weighted by Crippen LogP contribution is -2.33. The molecule has 0 radical (unpaired) electrons. The van der Waals surface area contributed by atoms with Gasteiger partial charge in [0.1, 0.15) is 0 Å². The molecule has 0 heterocycles. The summed E-state index contributed by atoms with van der Waals surface area (Å²) in [6.07, 6.45) is 7.43. The van der Waals surface area contributed by atoms with Crippen LogP contribution in [0.2, 0.25) is 0 Å². The molecule has 0 saturated carbocycles. The van der Waals surface area contributed by atoms with Crippen LogP contribution in [0.25, 0.3) is 0 Å². The fraction of sp³-hybridized carbons (Fsp3) is 1.00. The lowest BCUT2D eigenvalue weighted by molar-refractivity contribution is 0.447. The molecule has 1 nitrogen and oxygen atoms in total. The van der Waals surface area contributed by atoms with E-state index < -0.39 is 0 Å². The molecule has 0 aromatic carbocycles. The molecule has 1 atom stereocenters. The van der Waals surface area contributed by atoms with Crippen molar-refractivity contribution in [3.8, 4) is 0 Å². The van der Waals surface area contributed by atoms with Crippen molar-refractivity contribution in [2.24, 2.45) is 0 Å². The van der Waals surface area contributed by atoms with E-state index in [4.69, 9.17) is 0 Å². The van der Waals surface area contributed by atoms with Crippen molar-refractivity contribution in [1.82, 2.24) is 5.32 Å². The van der Waals surface area contributed by atoms with Crippen LogP contribution in [0.3, 0.4) is 0 Å². The van der Waals surface area contributed by atoms with Gasteiger partial charge in [0.2, 0.25) is 0 Å². The highest BCUT2D eigenvalue weighted by Gasteiger charge is 2.07. The van der Waals surface area contributed by atoms with Crippen molar-refractivity contribution in [3.63, 3.8) is 0 Å². The van der Waals surface area contributed by atoms with Crippen LogP contribution < -0.4 is 5.32 Å². The second-order valence-electron chi connectivity index (χ2n) is 3.73. The molecular weight excluding hydrogens is 178 g/mol. The zero-order valence-corrected chi connectivity index (χ0v) is 10.4. The maximum absolute atomic E-state index is 3.65. The second-order valence-corrected chi connectivity index (χ2v) is 5.00. The van der Waals surface area contributed by atoms with Crippen LogP contribution in [-0.4, -0.2) is 24.1 Å². The van der Waals surface area contributed by atoms with Gasteiger partial charge in [0.15, 0.2) is 0 Å². The summed E-state index contributed by atoms with van der Waals surface area (Å²) in [4.78, 5) is 0. The molecule has 0 saturated heterocycles. The van der Waals surface area contributed by atoms with E-state index in [1.165, 1.54) is 25.7 Å². The third kappa shape index (κ3) is 7.39. The van der Waals surface area contributed by atoms with Gasteiger partial charge in [-0.05, 0) is 19.1 Å². The van der Waals surface area contributed by atoms with E-state index in [1.54, 1.807) is 0 Å². The first-order valence-electron chi connectivity index (χ1n) is 5.50. The van der Waals surface area contributed by atoms with Gasteiger partial charge in [0, 0.05) is 17.8 Å². The fourth-order valence-electron chi connectivity index (χ4n) is 1.46. The first-order valence-corrected chi connectivity index (χ1v) is 6.79. The van der Waals surface area contributed by atoms with Crippen LogP contribution in [0.5, 0.6) is 0 Å². The van der Waals surface area contributed by atoms with E-state index in [9.17, 15) is 0 Å². The highest BCUT2D eigenvalue weighted by molar-refractivity contribution is 7.99. The van der Waals surface area contributed by atoms with Crippen molar-refractivity contribution < 1.29 is 0 Å². The second kappa shape index (κ2) is 8.89. The Kier molecular flexibility index (Phi) is 9.10. The van der Waals surface area contributed by atoms with Crippen molar-refractivity contribution >= 4 is 11.8 Å². The molecule has 2 heteroatoms. The Bertz CT molecular complexity index is 100. The predicted octanol–water partition coefficient (Wildman–Crippen LogP) is 3.30. The summed E-state index contributed by atoms with van der Waals surface area (Å²) in [5.74, 6) is 0. The Hall–Kier alpha value is 0.310. The maximum Gasteiger partial charge on any atom is 0.0141 e. The Morgan fingerprint density at radius 3 is 2.08 bits per heavy atom. The van der Waals surface area contributed by atoms with Gasteiger partial charge < -0.3 is 5.32 Å². The van der Waals surface area contributed by atoms with Gasteiger partial charge in [-0.15, -0.1) is 0 Å². The van der Waals surface area contributed by atoms with Gasteiger partial charge in [-0.3, -0.25) is 0 Å². The standard InChI is InChI=1S/C11H25NS/c1-5-7-11(8-6-2)12-9-10(3)13-4/h10-12H,5-9H2,1-4H3. The third-order valence-corrected chi connectivity index (χ3v) is 3.34. The number of thioether (sulfide) groups is 1. The number of nitrogens with one attached hydrogen (secondary N) is 1. The summed E-state index contributed by atoms with van der Waals surface area (Å²) in [5, 5.41) is 4.40.